The first-order valence-corrected chi connectivity index (χ1v) is 5.99. The van der Waals surface area contributed by atoms with E-state index in [9.17, 15) is 18.0 Å². The molecule has 1 rings (SSSR count). The number of rotatable bonds is 3. The molecule has 96 valence electrons. The van der Waals surface area contributed by atoms with Crippen LogP contribution in [0, 0.1) is 13.8 Å². The number of carbonyl (C=O) groups excluding carboxylic acids is 1. The van der Waals surface area contributed by atoms with E-state index in [2.05, 4.69) is 0 Å². The van der Waals surface area contributed by atoms with E-state index in [1.165, 1.54) is 18.3 Å². The molecular formula is C11H14F3NOS. The first kappa shape index (κ1) is 14.0. The van der Waals surface area contributed by atoms with E-state index >= 15 is 0 Å². The second kappa shape index (κ2) is 5.08. The maximum atomic E-state index is 12.3. The van der Waals surface area contributed by atoms with Crippen LogP contribution in [0.4, 0.5) is 13.2 Å². The number of thiophene rings is 1. The maximum Gasteiger partial charge on any atom is 0.406 e. The van der Waals surface area contributed by atoms with Crippen LogP contribution in [0.25, 0.3) is 0 Å². The van der Waals surface area contributed by atoms with Crippen LogP contribution in [0.5, 0.6) is 0 Å². The summed E-state index contributed by atoms with van der Waals surface area (Å²) in [5.74, 6) is -0.549. The van der Waals surface area contributed by atoms with Crippen molar-refractivity contribution in [3.8, 4) is 0 Å². The fourth-order valence-corrected chi connectivity index (χ4v) is 2.47. The molecule has 0 saturated heterocycles. The Morgan fingerprint density at radius 2 is 2.00 bits per heavy atom. The molecule has 6 heteroatoms. The zero-order chi connectivity index (χ0) is 13.2. The monoisotopic (exact) mass is 265 g/mol. The maximum absolute atomic E-state index is 12.3. The van der Waals surface area contributed by atoms with Gasteiger partial charge < -0.3 is 4.90 Å². The third-order valence-electron chi connectivity index (χ3n) is 2.31. The molecular weight excluding hydrogens is 251 g/mol. The number of amides is 1. The van der Waals surface area contributed by atoms with Gasteiger partial charge in [-0.15, -0.1) is 11.3 Å². The van der Waals surface area contributed by atoms with Crippen LogP contribution in [0.2, 0.25) is 0 Å². The van der Waals surface area contributed by atoms with Gasteiger partial charge in [-0.1, -0.05) is 0 Å². The molecule has 0 radical (unpaired) electrons. The van der Waals surface area contributed by atoms with Gasteiger partial charge >= 0.3 is 6.18 Å². The largest absolute Gasteiger partial charge is 0.406 e. The molecule has 0 spiro atoms. The molecule has 0 bridgehead atoms. The molecule has 1 aromatic rings. The van der Waals surface area contributed by atoms with E-state index in [4.69, 9.17) is 0 Å². The van der Waals surface area contributed by atoms with Crippen molar-refractivity contribution in [1.29, 1.82) is 0 Å². The molecule has 0 N–H and O–H groups in total. The second-order valence-corrected chi connectivity index (χ2v) is 5.22. The van der Waals surface area contributed by atoms with Crippen LogP contribution in [0.3, 0.4) is 0 Å². The van der Waals surface area contributed by atoms with E-state index in [-0.39, 0.29) is 6.54 Å². The average molecular weight is 265 g/mol. The molecule has 0 aliphatic heterocycles. The van der Waals surface area contributed by atoms with Gasteiger partial charge in [0, 0.05) is 16.3 Å². The van der Waals surface area contributed by atoms with Crippen molar-refractivity contribution in [3.63, 3.8) is 0 Å². The van der Waals surface area contributed by atoms with Crippen molar-refractivity contribution in [2.75, 3.05) is 13.1 Å². The fraction of sp³-hybridized carbons (Fsp3) is 0.545. The molecule has 0 aliphatic rings. The molecule has 0 aliphatic carbocycles. The van der Waals surface area contributed by atoms with E-state index in [1.807, 2.05) is 6.92 Å². The summed E-state index contributed by atoms with van der Waals surface area (Å²) < 4.78 is 36.8. The summed E-state index contributed by atoms with van der Waals surface area (Å²) in [6.45, 7) is 3.96. The van der Waals surface area contributed by atoms with Crippen molar-refractivity contribution in [1.82, 2.24) is 4.90 Å². The Hall–Kier alpha value is -1.04. The van der Waals surface area contributed by atoms with E-state index in [0.29, 0.717) is 5.56 Å². The van der Waals surface area contributed by atoms with Crippen molar-refractivity contribution < 1.29 is 18.0 Å². The van der Waals surface area contributed by atoms with Gasteiger partial charge in [0.1, 0.15) is 6.54 Å². The summed E-state index contributed by atoms with van der Waals surface area (Å²) in [4.78, 5) is 14.4. The number of halogens is 3. The Balaban J connectivity index is 2.90. The van der Waals surface area contributed by atoms with Crippen LogP contribution in [-0.2, 0) is 0 Å². The molecule has 0 aromatic carbocycles. The zero-order valence-electron chi connectivity index (χ0n) is 9.89. The smallest absolute Gasteiger partial charge is 0.330 e. The number of aryl methyl sites for hydroxylation is 2. The summed E-state index contributed by atoms with van der Waals surface area (Å²) in [5, 5.41) is 0. The average Bonchev–Trinajstić information content (AvgIpc) is 2.52. The summed E-state index contributed by atoms with van der Waals surface area (Å²) in [7, 11) is 0. The third-order valence-corrected chi connectivity index (χ3v) is 3.28. The lowest BCUT2D eigenvalue weighted by atomic mass is 10.2. The van der Waals surface area contributed by atoms with E-state index in [0.717, 1.165) is 14.7 Å². The number of hydrogen-bond donors (Lipinski definition) is 0. The van der Waals surface area contributed by atoms with Crippen molar-refractivity contribution in [3.05, 3.63) is 21.4 Å². The predicted octanol–water partition coefficient (Wildman–Crippen LogP) is 3.39. The van der Waals surface area contributed by atoms with Crippen LogP contribution in [0.1, 0.15) is 27.0 Å². The van der Waals surface area contributed by atoms with Gasteiger partial charge in [-0.05, 0) is 26.8 Å². The molecule has 0 saturated carbocycles. The zero-order valence-corrected chi connectivity index (χ0v) is 10.7. The second-order valence-electron chi connectivity index (χ2n) is 3.76. The first-order chi connectivity index (χ1) is 7.74. The van der Waals surface area contributed by atoms with Crippen molar-refractivity contribution in [2.45, 2.75) is 26.9 Å². The first-order valence-electron chi connectivity index (χ1n) is 5.17. The van der Waals surface area contributed by atoms with Crippen LogP contribution >= 0.6 is 11.3 Å². The van der Waals surface area contributed by atoms with Crippen LogP contribution in [0.15, 0.2) is 6.07 Å². The fourth-order valence-electron chi connectivity index (χ4n) is 1.56. The topological polar surface area (TPSA) is 20.3 Å². The number of alkyl halides is 3. The predicted molar refractivity (Wildman–Crippen MR) is 61.4 cm³/mol. The highest BCUT2D eigenvalue weighted by Crippen LogP contribution is 2.24. The Bertz CT molecular complexity index is 411. The number of nitrogens with zero attached hydrogens (tertiary/aromatic N) is 1. The molecule has 1 heterocycles. The standard InChI is InChI=1S/C11H14F3NOS/c1-4-15(6-11(12,13)14)10(16)9-5-7(2)17-8(9)3/h5H,4,6H2,1-3H3. The summed E-state index contributed by atoms with van der Waals surface area (Å²) in [6.07, 6.45) is -4.36. The number of carbonyl (C=O) groups is 1. The van der Waals surface area contributed by atoms with Gasteiger partial charge in [-0.25, -0.2) is 0 Å². The minimum absolute atomic E-state index is 0.0483. The summed E-state index contributed by atoms with van der Waals surface area (Å²) in [5.41, 5.74) is 0.374. The number of hydrogen-bond acceptors (Lipinski definition) is 2. The minimum Gasteiger partial charge on any atom is -0.330 e. The summed E-state index contributed by atoms with van der Waals surface area (Å²) in [6, 6.07) is 1.64. The Kier molecular flexibility index (Phi) is 4.19. The van der Waals surface area contributed by atoms with Crippen molar-refractivity contribution >= 4 is 17.2 Å². The molecule has 2 nitrogen and oxygen atoms in total. The van der Waals surface area contributed by atoms with Gasteiger partial charge in [0.25, 0.3) is 5.91 Å². The van der Waals surface area contributed by atoms with Crippen LogP contribution < -0.4 is 0 Å². The highest BCUT2D eigenvalue weighted by Gasteiger charge is 2.33. The van der Waals surface area contributed by atoms with Gasteiger partial charge in [0.15, 0.2) is 0 Å². The van der Waals surface area contributed by atoms with Crippen LogP contribution in [-0.4, -0.2) is 30.1 Å². The van der Waals surface area contributed by atoms with Gasteiger partial charge in [-0.2, -0.15) is 13.2 Å². The molecule has 1 aromatic heterocycles. The lowest BCUT2D eigenvalue weighted by Crippen LogP contribution is -2.38. The molecule has 0 atom stereocenters. The van der Waals surface area contributed by atoms with Gasteiger partial charge in [0.2, 0.25) is 0 Å². The van der Waals surface area contributed by atoms with Gasteiger partial charge in [0.05, 0.1) is 5.56 Å². The normalized spacial score (nSPS) is 11.6. The Morgan fingerprint density at radius 3 is 2.35 bits per heavy atom. The lowest BCUT2D eigenvalue weighted by molar-refractivity contribution is -0.140. The quantitative estimate of drug-likeness (QED) is 0.820. The lowest BCUT2D eigenvalue weighted by Gasteiger charge is -2.22. The van der Waals surface area contributed by atoms with E-state index in [1.54, 1.807) is 13.0 Å². The third kappa shape index (κ3) is 3.73. The summed E-state index contributed by atoms with van der Waals surface area (Å²) >= 11 is 1.41. The van der Waals surface area contributed by atoms with Gasteiger partial charge in [-0.3, -0.25) is 4.79 Å². The molecule has 0 fully saturated rings. The molecule has 17 heavy (non-hydrogen) atoms. The SMILES string of the molecule is CCN(CC(F)(F)F)C(=O)c1cc(C)sc1C. The Morgan fingerprint density at radius 1 is 1.41 bits per heavy atom. The highest BCUT2D eigenvalue weighted by molar-refractivity contribution is 7.12. The van der Waals surface area contributed by atoms with E-state index < -0.39 is 18.6 Å². The van der Waals surface area contributed by atoms with Crippen molar-refractivity contribution in [2.24, 2.45) is 0 Å². The highest BCUT2D eigenvalue weighted by atomic mass is 32.1. The Labute approximate surface area is 102 Å². The molecule has 1 amide bonds. The molecule has 0 unspecified atom stereocenters. The minimum atomic E-state index is -4.36.